The number of carbonyl (C=O) groups is 4. The Morgan fingerprint density at radius 3 is 1.47 bits per heavy atom. The van der Waals surface area contributed by atoms with E-state index in [2.05, 4.69) is 12.1 Å². The van der Waals surface area contributed by atoms with Gasteiger partial charge in [0.2, 0.25) is 5.41 Å². The van der Waals surface area contributed by atoms with Gasteiger partial charge in [-0.1, -0.05) is 66.7 Å². The summed E-state index contributed by atoms with van der Waals surface area (Å²) in [5.74, 6) is -4.45. The van der Waals surface area contributed by atoms with Gasteiger partial charge in [0.1, 0.15) is 0 Å². The topological polar surface area (TPSA) is 83.6 Å². The van der Waals surface area contributed by atoms with Gasteiger partial charge in [0.05, 0.1) is 27.9 Å². The molecule has 0 unspecified atom stereocenters. The van der Waals surface area contributed by atoms with E-state index in [0.717, 1.165) is 50.4 Å². The van der Waals surface area contributed by atoms with Gasteiger partial charge in [0, 0.05) is 11.8 Å². The van der Waals surface area contributed by atoms with Crippen LogP contribution in [-0.2, 0) is 5.41 Å². The molecule has 3 aliphatic carbocycles. The van der Waals surface area contributed by atoms with Crippen LogP contribution in [0.2, 0.25) is 0 Å². The van der Waals surface area contributed by atoms with Gasteiger partial charge in [-0.15, -0.1) is 0 Å². The van der Waals surface area contributed by atoms with E-state index in [9.17, 15) is 19.2 Å². The van der Waals surface area contributed by atoms with E-state index in [-0.39, 0.29) is 28.7 Å². The molecule has 5 aromatic carbocycles. The fourth-order valence-corrected chi connectivity index (χ4v) is 8.38. The average molecular weight is 695 g/mol. The van der Waals surface area contributed by atoms with Crippen molar-refractivity contribution in [3.63, 3.8) is 0 Å². The molecule has 0 saturated carbocycles. The average Bonchev–Trinajstić information content (AvgIpc) is 3.52. The fraction of sp³-hybridized carbons (Fsp3) is 0.128. The van der Waals surface area contributed by atoms with Gasteiger partial charge < -0.3 is 0 Å². The van der Waals surface area contributed by atoms with E-state index in [1.54, 1.807) is 18.2 Å². The van der Waals surface area contributed by atoms with Crippen molar-refractivity contribution in [2.24, 2.45) is 0 Å². The van der Waals surface area contributed by atoms with Gasteiger partial charge in [0.15, 0.2) is 0 Å². The number of nitrogens with zero attached hydrogens (tertiary/aromatic N) is 1. The Kier molecular flexibility index (Phi) is 6.09. The van der Waals surface area contributed by atoms with Crippen LogP contribution in [0.1, 0.15) is 97.8 Å². The molecule has 0 saturated heterocycles. The van der Waals surface area contributed by atoms with Crippen LogP contribution in [0.5, 0.6) is 0 Å². The highest BCUT2D eigenvalue weighted by Crippen LogP contribution is 2.58. The molecule has 2 bridgehead atoms. The van der Waals surface area contributed by atoms with Crippen molar-refractivity contribution in [1.82, 2.24) is 5.32 Å². The van der Waals surface area contributed by atoms with Crippen molar-refractivity contribution in [3.8, 4) is 0 Å². The number of imide groups is 2. The van der Waals surface area contributed by atoms with E-state index in [0.29, 0.717) is 24.3 Å². The Bertz CT molecular complexity index is 2390. The lowest BCUT2D eigenvalue weighted by molar-refractivity contribution is -0.288. The van der Waals surface area contributed by atoms with Gasteiger partial charge in [-0.05, 0) is 80.9 Å². The summed E-state index contributed by atoms with van der Waals surface area (Å²) in [7, 11) is 0. The summed E-state index contributed by atoms with van der Waals surface area (Å²) in [4.78, 5) is 52.7. The minimum absolute atomic E-state index is 0.113. The molecule has 0 atom stereocenters. The molecule has 51 heavy (non-hydrogen) atoms. The summed E-state index contributed by atoms with van der Waals surface area (Å²) in [5.41, 5.74) is -3.25. The quantitative estimate of drug-likeness (QED) is 0.151. The molecule has 5 aromatic rings. The maximum atomic E-state index is 15.0. The maximum absolute atomic E-state index is 15.0. The first-order valence-electron chi connectivity index (χ1n) is 15.7. The lowest BCUT2D eigenvalue weighted by Crippen LogP contribution is -2.55. The smallest absolute Gasteiger partial charge is 0.288 e. The third-order valence-electron chi connectivity index (χ3n) is 10.5. The summed E-state index contributed by atoms with van der Waals surface area (Å²) in [5, 5.41) is 1.85. The molecule has 12 heteroatoms. The molecule has 4 amide bonds. The molecular weight excluding hydrogens is 674 g/mol. The third kappa shape index (κ3) is 3.90. The predicted molar refractivity (Wildman–Crippen MR) is 170 cm³/mol. The molecule has 2 aliphatic heterocycles. The Labute approximate surface area is 284 Å². The van der Waals surface area contributed by atoms with Crippen LogP contribution in [0.3, 0.4) is 0 Å². The molecule has 6 nitrogen and oxygen atoms in total. The number of hydrogen-bond acceptors (Lipinski definition) is 4. The van der Waals surface area contributed by atoms with Crippen molar-refractivity contribution >= 4 is 29.3 Å². The number of carbonyl (C=O) groups excluding carboxylic acids is 4. The Morgan fingerprint density at radius 1 is 0.471 bits per heavy atom. The van der Waals surface area contributed by atoms with Gasteiger partial charge in [0.25, 0.3) is 23.6 Å². The van der Waals surface area contributed by atoms with Gasteiger partial charge in [-0.3, -0.25) is 24.5 Å². The fourth-order valence-electron chi connectivity index (χ4n) is 8.38. The van der Waals surface area contributed by atoms with E-state index in [1.165, 1.54) is 0 Å². The van der Waals surface area contributed by atoms with Crippen molar-refractivity contribution in [3.05, 3.63) is 170 Å². The maximum Gasteiger partial charge on any atom is 0.411 e. The van der Waals surface area contributed by atoms with Gasteiger partial charge in [-0.2, -0.15) is 26.3 Å². The lowest BCUT2D eigenvalue weighted by atomic mass is 9.61. The molecule has 0 fully saturated rings. The Balaban J connectivity index is 1.16. The second kappa shape index (κ2) is 10.0. The standard InChI is InChI=1S/C39H20F6N2O4/c40-38(41,42)37(39(43,44)45,18-9-12-26-29(15-18)34(49)46-33(26)48)19-10-13-27-30(16-19)36(51)47(35(27)50)20-11-14-25-28(17-20)32-23-7-3-1-5-21(23)31(25)22-6-2-4-8-24(22)32/h1-17,31-32H,(H,46,48,49). The largest absolute Gasteiger partial charge is 0.411 e. The Morgan fingerprint density at radius 2 is 0.922 bits per heavy atom. The normalized spacial score (nSPS) is 18.7. The number of fused-ring (bicyclic) bond motifs is 2. The summed E-state index contributed by atoms with van der Waals surface area (Å²) >= 11 is 0. The van der Waals surface area contributed by atoms with Crippen LogP contribution < -0.4 is 10.2 Å². The van der Waals surface area contributed by atoms with E-state index < -0.39 is 63.7 Å². The summed E-state index contributed by atoms with van der Waals surface area (Å²) < 4.78 is 90.2. The number of halogens is 6. The van der Waals surface area contributed by atoms with Crippen LogP contribution in [0.15, 0.2) is 103 Å². The second-order valence-electron chi connectivity index (χ2n) is 12.9. The van der Waals surface area contributed by atoms with Crippen LogP contribution in [0.25, 0.3) is 0 Å². The molecular formula is C39H20F6N2O4. The number of rotatable bonds is 3. The zero-order valence-electron chi connectivity index (χ0n) is 25.8. The molecule has 0 radical (unpaired) electrons. The van der Waals surface area contributed by atoms with E-state index in [4.69, 9.17) is 0 Å². The molecule has 10 rings (SSSR count). The van der Waals surface area contributed by atoms with Crippen LogP contribution >= 0.6 is 0 Å². The van der Waals surface area contributed by atoms with Gasteiger partial charge in [-0.25, -0.2) is 4.90 Å². The monoisotopic (exact) mass is 694 g/mol. The minimum Gasteiger partial charge on any atom is -0.288 e. The lowest BCUT2D eigenvalue weighted by Gasteiger charge is -2.42. The van der Waals surface area contributed by atoms with Crippen LogP contribution in [0, 0.1) is 0 Å². The second-order valence-corrected chi connectivity index (χ2v) is 12.9. The SMILES string of the molecule is O=C1NC(=O)c2cc(C(c3ccc4c(c3)C(=O)N(c3ccc5c(c3)C3c6ccccc6C5c5ccccc53)C4=O)(C(F)(F)F)C(F)(F)F)ccc21. The molecule has 252 valence electrons. The number of amides is 4. The zero-order chi connectivity index (χ0) is 35.8. The first-order valence-corrected chi connectivity index (χ1v) is 15.7. The molecule has 0 spiro atoms. The van der Waals surface area contributed by atoms with Crippen molar-refractivity contribution in [2.45, 2.75) is 29.6 Å². The predicted octanol–water partition coefficient (Wildman–Crippen LogP) is 7.77. The first-order chi connectivity index (χ1) is 24.2. The molecule has 0 aromatic heterocycles. The van der Waals surface area contributed by atoms with E-state index in [1.807, 2.05) is 41.7 Å². The highest BCUT2D eigenvalue weighted by molar-refractivity contribution is 6.34. The zero-order valence-corrected chi connectivity index (χ0v) is 25.8. The molecule has 2 heterocycles. The molecule has 5 aliphatic rings. The number of alkyl halides is 6. The summed E-state index contributed by atoms with van der Waals surface area (Å²) in [6, 6.07) is 24.3. The van der Waals surface area contributed by atoms with Crippen molar-refractivity contribution in [2.75, 3.05) is 4.90 Å². The Hall–Kier alpha value is -6.04. The number of hydrogen-bond donors (Lipinski definition) is 1. The van der Waals surface area contributed by atoms with Crippen molar-refractivity contribution < 1.29 is 45.5 Å². The van der Waals surface area contributed by atoms with Crippen LogP contribution in [-0.4, -0.2) is 36.0 Å². The highest BCUT2D eigenvalue weighted by Gasteiger charge is 2.73. The van der Waals surface area contributed by atoms with Gasteiger partial charge >= 0.3 is 12.4 Å². The highest BCUT2D eigenvalue weighted by atomic mass is 19.4. The summed E-state index contributed by atoms with van der Waals surface area (Å²) in [6.45, 7) is 0. The first kappa shape index (κ1) is 31.0. The number of nitrogens with one attached hydrogen (secondary N) is 1. The third-order valence-corrected chi connectivity index (χ3v) is 10.5. The summed E-state index contributed by atoms with van der Waals surface area (Å²) in [6.07, 6.45) is -12.1. The van der Waals surface area contributed by atoms with Crippen molar-refractivity contribution in [1.29, 1.82) is 0 Å². The van der Waals surface area contributed by atoms with Crippen LogP contribution in [0.4, 0.5) is 32.0 Å². The minimum atomic E-state index is -6.05. The number of benzene rings is 5. The molecule has 1 N–H and O–H groups in total. The van der Waals surface area contributed by atoms with E-state index >= 15 is 26.3 Å². The number of anilines is 1.